The molecule has 0 saturated heterocycles. The maximum atomic E-state index is 13.8. The van der Waals surface area contributed by atoms with Gasteiger partial charge >= 0.3 is 0 Å². The molecule has 0 bridgehead atoms. The van der Waals surface area contributed by atoms with Crippen molar-refractivity contribution in [1.29, 1.82) is 0 Å². The van der Waals surface area contributed by atoms with Crippen molar-refractivity contribution in [3.8, 4) is 5.69 Å². The van der Waals surface area contributed by atoms with Gasteiger partial charge in [0, 0.05) is 18.8 Å². The fourth-order valence-electron chi connectivity index (χ4n) is 2.43. The van der Waals surface area contributed by atoms with Crippen LogP contribution in [0.4, 0.5) is 4.39 Å². The summed E-state index contributed by atoms with van der Waals surface area (Å²) in [6, 6.07) is 8.20. The van der Waals surface area contributed by atoms with Crippen molar-refractivity contribution < 1.29 is 9.18 Å². The molecule has 0 aliphatic carbocycles. The Labute approximate surface area is 136 Å². The molecule has 5 heteroatoms. The largest absolute Gasteiger partial charge is 0.335 e. The van der Waals surface area contributed by atoms with Crippen LogP contribution in [0.5, 0.6) is 0 Å². The van der Waals surface area contributed by atoms with Crippen molar-refractivity contribution in [2.75, 3.05) is 6.54 Å². The Hall–Kier alpha value is -2.17. The van der Waals surface area contributed by atoms with E-state index in [4.69, 9.17) is 0 Å². The standard InChI is InChI=1S/C18H24FN3O/c1-4-6-12-21(14(3)5-2)18(23)16-11-13-22(20-16)17-10-8-7-9-15(17)19/h7-11,13-14H,4-6,12H2,1-3H3. The zero-order valence-corrected chi connectivity index (χ0v) is 14.0. The van der Waals surface area contributed by atoms with Gasteiger partial charge < -0.3 is 4.90 Å². The second-order valence-electron chi connectivity index (χ2n) is 5.71. The van der Waals surface area contributed by atoms with E-state index in [-0.39, 0.29) is 17.8 Å². The molecule has 0 saturated carbocycles. The number of aromatic nitrogens is 2. The highest BCUT2D eigenvalue weighted by molar-refractivity contribution is 5.92. The van der Waals surface area contributed by atoms with Gasteiger partial charge in [0.25, 0.3) is 5.91 Å². The number of carbonyl (C=O) groups is 1. The molecule has 0 fully saturated rings. The molecular weight excluding hydrogens is 293 g/mol. The highest BCUT2D eigenvalue weighted by Gasteiger charge is 2.22. The molecule has 1 aromatic carbocycles. The Bertz CT molecular complexity index is 653. The molecule has 1 unspecified atom stereocenters. The molecule has 0 aliphatic heterocycles. The zero-order chi connectivity index (χ0) is 16.8. The predicted molar refractivity (Wildman–Crippen MR) is 89.2 cm³/mol. The van der Waals surface area contributed by atoms with Crippen molar-refractivity contribution >= 4 is 5.91 Å². The minimum atomic E-state index is -0.362. The third-order valence-electron chi connectivity index (χ3n) is 4.04. The van der Waals surface area contributed by atoms with Crippen LogP contribution in [0.2, 0.25) is 0 Å². The lowest BCUT2D eigenvalue weighted by Gasteiger charge is -2.27. The van der Waals surface area contributed by atoms with Crippen molar-refractivity contribution in [3.63, 3.8) is 0 Å². The number of benzene rings is 1. The molecule has 0 N–H and O–H groups in total. The molecule has 124 valence electrons. The van der Waals surface area contributed by atoms with Crippen LogP contribution in [0, 0.1) is 5.82 Å². The van der Waals surface area contributed by atoms with E-state index in [9.17, 15) is 9.18 Å². The van der Waals surface area contributed by atoms with Crippen molar-refractivity contribution in [2.24, 2.45) is 0 Å². The van der Waals surface area contributed by atoms with Gasteiger partial charge in [0.05, 0.1) is 0 Å². The predicted octanol–water partition coefficient (Wildman–Crippen LogP) is 4.05. The number of hydrogen-bond acceptors (Lipinski definition) is 2. The molecule has 1 heterocycles. The molecular formula is C18H24FN3O. The first kappa shape index (κ1) is 17.2. The Morgan fingerprint density at radius 2 is 2.04 bits per heavy atom. The number of unbranched alkanes of at least 4 members (excludes halogenated alkanes) is 1. The summed E-state index contributed by atoms with van der Waals surface area (Å²) in [4.78, 5) is 14.6. The van der Waals surface area contributed by atoms with Gasteiger partial charge in [-0.25, -0.2) is 9.07 Å². The number of hydrogen-bond donors (Lipinski definition) is 0. The first-order valence-corrected chi connectivity index (χ1v) is 8.20. The van der Waals surface area contributed by atoms with E-state index in [1.54, 1.807) is 30.5 Å². The van der Waals surface area contributed by atoms with Crippen LogP contribution in [0.25, 0.3) is 5.69 Å². The Balaban J connectivity index is 2.24. The third kappa shape index (κ3) is 3.97. The molecule has 2 aromatic rings. The van der Waals surface area contributed by atoms with Gasteiger partial charge in [0.15, 0.2) is 5.69 Å². The average Bonchev–Trinajstić information content (AvgIpc) is 3.04. The van der Waals surface area contributed by atoms with Gasteiger partial charge in [-0.05, 0) is 38.0 Å². The van der Waals surface area contributed by atoms with Crippen molar-refractivity contribution in [2.45, 2.75) is 46.1 Å². The van der Waals surface area contributed by atoms with Crippen LogP contribution in [-0.4, -0.2) is 33.2 Å². The second kappa shape index (κ2) is 7.90. The topological polar surface area (TPSA) is 38.1 Å². The van der Waals surface area contributed by atoms with E-state index >= 15 is 0 Å². The first-order chi connectivity index (χ1) is 11.1. The fourth-order valence-corrected chi connectivity index (χ4v) is 2.43. The molecule has 0 spiro atoms. The van der Waals surface area contributed by atoms with Gasteiger partial charge in [-0.15, -0.1) is 0 Å². The van der Waals surface area contributed by atoms with E-state index in [2.05, 4.69) is 18.9 Å². The summed E-state index contributed by atoms with van der Waals surface area (Å²) in [5, 5.41) is 4.27. The van der Waals surface area contributed by atoms with Crippen LogP contribution in [0.15, 0.2) is 36.5 Å². The number of nitrogens with zero attached hydrogens (tertiary/aromatic N) is 3. The van der Waals surface area contributed by atoms with Gasteiger partial charge in [-0.1, -0.05) is 32.4 Å². The SMILES string of the molecule is CCCCN(C(=O)c1ccn(-c2ccccc2F)n1)C(C)CC. The van der Waals surface area contributed by atoms with E-state index in [0.29, 0.717) is 11.4 Å². The summed E-state index contributed by atoms with van der Waals surface area (Å²) in [5.74, 6) is -0.456. The molecule has 1 aromatic heterocycles. The Morgan fingerprint density at radius 3 is 2.70 bits per heavy atom. The first-order valence-electron chi connectivity index (χ1n) is 8.20. The second-order valence-corrected chi connectivity index (χ2v) is 5.71. The number of amides is 1. The van der Waals surface area contributed by atoms with E-state index < -0.39 is 0 Å². The Kier molecular flexibility index (Phi) is 5.90. The molecule has 1 amide bonds. The highest BCUT2D eigenvalue weighted by atomic mass is 19.1. The lowest BCUT2D eigenvalue weighted by atomic mass is 10.2. The number of halogens is 1. The fraction of sp³-hybridized carbons (Fsp3) is 0.444. The van der Waals surface area contributed by atoms with Gasteiger partial charge in [-0.2, -0.15) is 5.10 Å². The summed E-state index contributed by atoms with van der Waals surface area (Å²) in [6.07, 6.45) is 4.51. The zero-order valence-electron chi connectivity index (χ0n) is 14.0. The van der Waals surface area contributed by atoms with E-state index in [0.717, 1.165) is 25.8 Å². The molecule has 4 nitrogen and oxygen atoms in total. The minimum absolute atomic E-state index is 0.0945. The average molecular weight is 317 g/mol. The van der Waals surface area contributed by atoms with Crippen molar-refractivity contribution in [1.82, 2.24) is 14.7 Å². The number of para-hydroxylation sites is 1. The van der Waals surface area contributed by atoms with Crippen LogP contribution in [-0.2, 0) is 0 Å². The summed E-state index contributed by atoms with van der Waals surface area (Å²) >= 11 is 0. The smallest absolute Gasteiger partial charge is 0.274 e. The molecule has 0 radical (unpaired) electrons. The van der Waals surface area contributed by atoms with E-state index in [1.165, 1.54) is 10.7 Å². The van der Waals surface area contributed by atoms with Crippen molar-refractivity contribution in [3.05, 3.63) is 48.0 Å². The maximum absolute atomic E-state index is 13.8. The summed E-state index contributed by atoms with van der Waals surface area (Å²) in [6.45, 7) is 6.93. The molecule has 2 rings (SSSR count). The Morgan fingerprint density at radius 1 is 1.30 bits per heavy atom. The van der Waals surface area contributed by atoms with Crippen LogP contribution < -0.4 is 0 Å². The lowest BCUT2D eigenvalue weighted by molar-refractivity contribution is 0.0678. The monoisotopic (exact) mass is 317 g/mol. The van der Waals surface area contributed by atoms with Gasteiger partial charge in [-0.3, -0.25) is 4.79 Å². The summed E-state index contributed by atoms with van der Waals surface area (Å²) in [5.41, 5.74) is 0.694. The van der Waals surface area contributed by atoms with Crippen LogP contribution in [0.1, 0.15) is 50.5 Å². The number of carbonyl (C=O) groups excluding carboxylic acids is 1. The van der Waals surface area contributed by atoms with Crippen LogP contribution >= 0.6 is 0 Å². The van der Waals surface area contributed by atoms with Crippen LogP contribution in [0.3, 0.4) is 0 Å². The van der Waals surface area contributed by atoms with Gasteiger partial charge in [0.2, 0.25) is 0 Å². The maximum Gasteiger partial charge on any atom is 0.274 e. The summed E-state index contributed by atoms with van der Waals surface area (Å²) in [7, 11) is 0. The van der Waals surface area contributed by atoms with E-state index in [1.807, 2.05) is 11.8 Å². The summed E-state index contributed by atoms with van der Waals surface area (Å²) < 4.78 is 15.3. The number of rotatable bonds is 7. The quantitative estimate of drug-likeness (QED) is 0.772. The molecule has 1 atom stereocenters. The molecule has 0 aliphatic rings. The third-order valence-corrected chi connectivity index (χ3v) is 4.04. The van der Waals surface area contributed by atoms with Gasteiger partial charge in [0.1, 0.15) is 11.5 Å². The highest BCUT2D eigenvalue weighted by Crippen LogP contribution is 2.15. The lowest BCUT2D eigenvalue weighted by Crippen LogP contribution is -2.39. The molecule has 23 heavy (non-hydrogen) atoms. The minimum Gasteiger partial charge on any atom is -0.335 e. The normalized spacial score (nSPS) is 12.2.